The molecule has 1 aromatic carbocycles. The van der Waals surface area contributed by atoms with E-state index in [0.29, 0.717) is 50.3 Å². The molecule has 0 radical (unpaired) electrons. The van der Waals surface area contributed by atoms with E-state index in [9.17, 15) is 33.9 Å². The Labute approximate surface area is 264 Å². The van der Waals surface area contributed by atoms with Gasteiger partial charge >= 0.3 is 0 Å². The molecule has 10 nitrogen and oxygen atoms in total. The number of alkyl halides is 2. The Balaban J connectivity index is 1.24. The first-order chi connectivity index (χ1) is 21.6. The summed E-state index contributed by atoms with van der Waals surface area (Å²) in [4.78, 5) is 29.2. The maximum Gasteiger partial charge on any atom is 0.299 e. The molecule has 1 aliphatic carbocycles. The van der Waals surface area contributed by atoms with Crippen molar-refractivity contribution in [2.45, 2.75) is 82.3 Å². The molecule has 0 aromatic heterocycles. The van der Waals surface area contributed by atoms with Gasteiger partial charge in [0.05, 0.1) is 18.8 Å². The van der Waals surface area contributed by atoms with E-state index in [1.165, 1.54) is 6.08 Å². The zero-order valence-corrected chi connectivity index (χ0v) is 26.0. The Hall–Kier alpha value is -3.09. The number of carbonyl (C=O) groups excluding carboxylic acids is 1. The zero-order valence-electron chi connectivity index (χ0n) is 26.0. The average molecular weight is 638 g/mol. The van der Waals surface area contributed by atoms with Crippen molar-refractivity contribution in [1.82, 2.24) is 10.2 Å². The molecule has 12 heteroatoms. The number of piperidine rings is 1. The highest BCUT2D eigenvalue weighted by Crippen LogP contribution is 2.37. The number of aliphatic hydroxyl groups is 2. The van der Waals surface area contributed by atoms with Gasteiger partial charge in [-0.05, 0) is 101 Å². The highest BCUT2D eigenvalue weighted by Gasteiger charge is 2.40. The first kappa shape index (κ1) is 36.4. The maximum atomic E-state index is 14.4. The third kappa shape index (κ3) is 14.3. The molecule has 0 unspecified atom stereocenters. The minimum Gasteiger partial charge on any atom is -0.487 e. The molecule has 3 N–H and O–H groups in total. The lowest BCUT2D eigenvalue weighted by molar-refractivity contribution is -0.757. The number of aliphatic hydroxyl groups excluding tert-OH is 2. The van der Waals surface area contributed by atoms with Gasteiger partial charge in [-0.15, -0.1) is 10.1 Å². The number of unbranched alkanes of at least 4 members (excludes halogenated alkanes) is 1. The Bertz CT molecular complexity index is 1070. The molecule has 2 aliphatic rings. The van der Waals surface area contributed by atoms with Crippen LogP contribution in [0.25, 0.3) is 0 Å². The number of allylic oxidation sites excluding steroid dienone is 2. The standard InChI is InChI=1S/C33H49F2N3O7/c34-33(35,25-44-27-11-4-3-5-12-27)18-15-29-28(30(39)24-31(29)40)13-6-1-2-7-14-32(41)36-19-9-20-37-21-16-26(17-22-37)10-8-23-45-38(42)43/h1,3-6,11-12,15,18,26,28-31,39-40H,2,7-10,13-14,16-17,19-25H2,(H,36,41)/b6-1-,18-15+/t28-,29-,30+,31-/m1/s1. The molecule has 1 saturated carbocycles. The number of carbonyl (C=O) groups is 1. The zero-order chi connectivity index (χ0) is 32.5. The quantitative estimate of drug-likeness (QED) is 0.0793. The van der Waals surface area contributed by atoms with Gasteiger partial charge in [-0.2, -0.15) is 8.78 Å². The summed E-state index contributed by atoms with van der Waals surface area (Å²) in [5.41, 5.74) is 0. The third-order valence-electron chi connectivity index (χ3n) is 8.64. The number of amides is 1. The maximum absolute atomic E-state index is 14.4. The van der Waals surface area contributed by atoms with Crippen molar-refractivity contribution in [3.8, 4) is 5.75 Å². The second-order valence-electron chi connectivity index (χ2n) is 12.1. The van der Waals surface area contributed by atoms with Crippen LogP contribution in [0.4, 0.5) is 8.78 Å². The van der Waals surface area contributed by atoms with E-state index >= 15 is 0 Å². The van der Waals surface area contributed by atoms with Crippen LogP contribution in [0.3, 0.4) is 0 Å². The van der Waals surface area contributed by atoms with Gasteiger partial charge in [-0.1, -0.05) is 36.4 Å². The Morgan fingerprint density at radius 1 is 1.11 bits per heavy atom. The fourth-order valence-electron chi connectivity index (χ4n) is 6.08. The smallest absolute Gasteiger partial charge is 0.299 e. The number of rotatable bonds is 20. The second kappa shape index (κ2) is 19.4. The summed E-state index contributed by atoms with van der Waals surface area (Å²) in [5.74, 6) is -3.24. The SMILES string of the molecule is O=C(CCC/C=C\C[C@@H]1[C@@H](/C=C/C(F)(F)COc2ccccc2)[C@H](O)C[C@@H]1O)NCCCN1CCC(CCCO[N+](=O)[O-])CC1. The lowest BCUT2D eigenvalue weighted by atomic mass is 9.89. The second-order valence-corrected chi connectivity index (χ2v) is 12.1. The molecule has 1 heterocycles. The van der Waals surface area contributed by atoms with E-state index < -0.39 is 35.7 Å². The Morgan fingerprint density at radius 2 is 1.87 bits per heavy atom. The number of likely N-dealkylation sites (tertiary alicyclic amines) is 1. The van der Waals surface area contributed by atoms with Crippen LogP contribution in [0.5, 0.6) is 5.75 Å². The summed E-state index contributed by atoms with van der Waals surface area (Å²) in [6, 6.07) is 8.38. The van der Waals surface area contributed by atoms with Crippen LogP contribution in [0.2, 0.25) is 0 Å². The van der Waals surface area contributed by atoms with Crippen LogP contribution in [0.1, 0.15) is 64.2 Å². The largest absolute Gasteiger partial charge is 0.487 e. The van der Waals surface area contributed by atoms with E-state index in [4.69, 9.17) is 4.74 Å². The third-order valence-corrected chi connectivity index (χ3v) is 8.64. The molecule has 252 valence electrons. The van der Waals surface area contributed by atoms with E-state index in [-0.39, 0.29) is 24.9 Å². The van der Waals surface area contributed by atoms with E-state index in [1.807, 2.05) is 12.2 Å². The molecule has 45 heavy (non-hydrogen) atoms. The summed E-state index contributed by atoms with van der Waals surface area (Å²) < 4.78 is 34.0. The van der Waals surface area contributed by atoms with Gasteiger partial charge in [0.2, 0.25) is 5.91 Å². The molecular weight excluding hydrogens is 588 g/mol. The number of nitrogens with one attached hydrogen (secondary N) is 1. The molecule has 4 atom stereocenters. The van der Waals surface area contributed by atoms with E-state index in [2.05, 4.69) is 15.1 Å². The number of hydrogen-bond donors (Lipinski definition) is 3. The number of halogens is 2. The van der Waals surface area contributed by atoms with Crippen LogP contribution < -0.4 is 10.1 Å². The summed E-state index contributed by atoms with van der Waals surface area (Å²) >= 11 is 0. The fourth-order valence-corrected chi connectivity index (χ4v) is 6.08. The lowest BCUT2D eigenvalue weighted by Gasteiger charge is -2.32. The van der Waals surface area contributed by atoms with Crippen molar-refractivity contribution in [1.29, 1.82) is 0 Å². The molecule has 1 saturated heterocycles. The van der Waals surface area contributed by atoms with Gasteiger partial charge in [0, 0.05) is 25.3 Å². The van der Waals surface area contributed by atoms with Crippen molar-refractivity contribution in [2.75, 3.05) is 39.4 Å². The average Bonchev–Trinajstić information content (AvgIpc) is 3.29. The Kier molecular flexibility index (Phi) is 15.7. The van der Waals surface area contributed by atoms with Crippen molar-refractivity contribution in [3.63, 3.8) is 0 Å². The van der Waals surface area contributed by atoms with Crippen LogP contribution in [-0.2, 0) is 9.63 Å². The molecule has 0 bridgehead atoms. The van der Waals surface area contributed by atoms with Gasteiger partial charge in [-0.25, -0.2) is 0 Å². The van der Waals surface area contributed by atoms with Crippen LogP contribution >= 0.6 is 0 Å². The van der Waals surface area contributed by atoms with Gasteiger partial charge in [0.15, 0.2) is 6.61 Å². The summed E-state index contributed by atoms with van der Waals surface area (Å²) in [7, 11) is 0. The first-order valence-corrected chi connectivity index (χ1v) is 16.2. The number of nitrogens with zero attached hydrogens (tertiary/aromatic N) is 2. The van der Waals surface area contributed by atoms with E-state index in [1.54, 1.807) is 30.3 Å². The van der Waals surface area contributed by atoms with Crippen molar-refractivity contribution in [2.24, 2.45) is 17.8 Å². The van der Waals surface area contributed by atoms with Crippen LogP contribution in [0.15, 0.2) is 54.6 Å². The molecule has 2 fully saturated rings. The Morgan fingerprint density at radius 3 is 2.60 bits per heavy atom. The molecule has 1 aliphatic heterocycles. The summed E-state index contributed by atoms with van der Waals surface area (Å²) in [6.07, 6.45) is 11.3. The highest BCUT2D eigenvalue weighted by molar-refractivity contribution is 5.75. The molecule has 1 amide bonds. The normalized spacial score (nSPS) is 23.1. The first-order valence-electron chi connectivity index (χ1n) is 16.2. The monoisotopic (exact) mass is 637 g/mol. The van der Waals surface area contributed by atoms with Crippen molar-refractivity contribution in [3.05, 3.63) is 64.8 Å². The van der Waals surface area contributed by atoms with Crippen LogP contribution in [0, 0.1) is 27.9 Å². The van der Waals surface area contributed by atoms with Gasteiger partial charge in [0.25, 0.3) is 11.0 Å². The minimum atomic E-state index is -3.22. The number of benzene rings is 1. The predicted molar refractivity (Wildman–Crippen MR) is 166 cm³/mol. The molecule has 0 spiro atoms. The fraction of sp³-hybridized carbons (Fsp3) is 0.667. The predicted octanol–water partition coefficient (Wildman–Crippen LogP) is 4.94. The number of ether oxygens (including phenoxy) is 1. The van der Waals surface area contributed by atoms with Gasteiger partial charge in [0.1, 0.15) is 5.75 Å². The van der Waals surface area contributed by atoms with Crippen molar-refractivity contribution < 1.29 is 38.4 Å². The van der Waals surface area contributed by atoms with Crippen molar-refractivity contribution >= 4 is 5.91 Å². The van der Waals surface area contributed by atoms with Gasteiger partial charge < -0.3 is 30.0 Å². The number of para-hydroxylation sites is 1. The molecule has 3 rings (SSSR count). The van der Waals surface area contributed by atoms with E-state index in [0.717, 1.165) is 51.4 Å². The topological polar surface area (TPSA) is 134 Å². The molecule has 1 aromatic rings. The minimum absolute atomic E-state index is 0.00996. The highest BCUT2D eigenvalue weighted by atomic mass is 19.3. The summed E-state index contributed by atoms with van der Waals surface area (Å²) in [5, 5.41) is 33.2. The van der Waals surface area contributed by atoms with Crippen LogP contribution in [-0.4, -0.2) is 83.6 Å². The molecular formula is C33H49F2N3O7. The van der Waals surface area contributed by atoms with Gasteiger partial charge in [-0.3, -0.25) is 4.79 Å². The lowest BCUT2D eigenvalue weighted by Crippen LogP contribution is -2.36. The summed E-state index contributed by atoms with van der Waals surface area (Å²) in [6.45, 7) is 2.91. The number of hydrogen-bond acceptors (Lipinski definition) is 8.